The molecule has 0 aromatic heterocycles. The molecule has 2 aromatic rings. The summed E-state index contributed by atoms with van der Waals surface area (Å²) in [5.74, 6) is -0.884. The van der Waals surface area contributed by atoms with E-state index in [0.29, 0.717) is 0 Å². The lowest BCUT2D eigenvalue weighted by Crippen LogP contribution is -2.17. The van der Waals surface area contributed by atoms with Crippen molar-refractivity contribution < 1.29 is 27.6 Å². The van der Waals surface area contributed by atoms with Gasteiger partial charge in [0.2, 0.25) is 0 Å². The van der Waals surface area contributed by atoms with E-state index in [2.05, 4.69) is 5.32 Å². The molecule has 0 aliphatic heterocycles. The summed E-state index contributed by atoms with van der Waals surface area (Å²) in [6.45, 7) is 3.34. The predicted molar refractivity (Wildman–Crippen MR) is 88.3 cm³/mol. The number of para-hydroxylation sites is 1. The number of benzene rings is 2. The van der Waals surface area contributed by atoms with Crippen molar-refractivity contribution in [3.63, 3.8) is 0 Å². The van der Waals surface area contributed by atoms with Crippen LogP contribution in [0.5, 0.6) is 5.75 Å². The Morgan fingerprint density at radius 1 is 1.19 bits per heavy atom. The van der Waals surface area contributed by atoms with Crippen molar-refractivity contribution in [2.24, 2.45) is 0 Å². The average molecular weight is 368 g/mol. The molecule has 0 bridgehead atoms. The van der Waals surface area contributed by atoms with Crippen molar-refractivity contribution >= 4 is 17.3 Å². The molecular weight excluding hydrogens is 353 g/mol. The van der Waals surface area contributed by atoms with E-state index < -0.39 is 28.3 Å². The highest BCUT2D eigenvalue weighted by Crippen LogP contribution is 2.36. The van der Waals surface area contributed by atoms with Crippen LogP contribution in [0.2, 0.25) is 0 Å². The zero-order chi connectivity index (χ0) is 19.5. The van der Waals surface area contributed by atoms with Crippen molar-refractivity contribution in [3.8, 4) is 5.75 Å². The summed E-state index contributed by atoms with van der Waals surface area (Å²) in [5, 5.41) is 13.3. The molecule has 0 radical (unpaired) electrons. The van der Waals surface area contributed by atoms with Gasteiger partial charge in [0, 0.05) is 6.07 Å². The number of ether oxygens (including phenoxy) is 1. The Balaban J connectivity index is 2.43. The quantitative estimate of drug-likeness (QED) is 0.615. The van der Waals surface area contributed by atoms with Gasteiger partial charge in [-0.1, -0.05) is 12.1 Å². The maximum atomic E-state index is 12.9. The van der Waals surface area contributed by atoms with Crippen molar-refractivity contribution in [1.29, 1.82) is 0 Å². The predicted octanol–water partition coefficient (Wildman–Crippen LogP) is 4.65. The van der Waals surface area contributed by atoms with Crippen LogP contribution in [-0.2, 0) is 6.18 Å². The highest BCUT2D eigenvalue weighted by atomic mass is 19.4. The number of amides is 1. The zero-order valence-corrected chi connectivity index (χ0v) is 13.8. The number of alkyl halides is 3. The summed E-state index contributed by atoms with van der Waals surface area (Å²) < 4.78 is 44.3. The fourth-order valence-electron chi connectivity index (χ4n) is 2.18. The molecule has 0 saturated carbocycles. The molecule has 6 nitrogen and oxygen atoms in total. The number of halogens is 3. The average Bonchev–Trinajstić information content (AvgIpc) is 2.54. The molecular formula is C17H15F3N2O4. The van der Waals surface area contributed by atoms with E-state index in [9.17, 15) is 28.1 Å². The fraction of sp³-hybridized carbons (Fsp3) is 0.235. The third kappa shape index (κ3) is 4.50. The first-order chi connectivity index (χ1) is 12.1. The van der Waals surface area contributed by atoms with Crippen LogP contribution in [0.3, 0.4) is 0 Å². The molecule has 0 saturated heterocycles. The Bertz CT molecular complexity index is 835. The molecule has 0 aliphatic rings. The number of carbonyl (C=O) groups is 1. The van der Waals surface area contributed by atoms with E-state index >= 15 is 0 Å². The molecule has 2 aromatic carbocycles. The third-order valence-electron chi connectivity index (χ3n) is 3.26. The molecule has 0 atom stereocenters. The van der Waals surface area contributed by atoms with Crippen molar-refractivity contribution in [1.82, 2.24) is 0 Å². The molecule has 26 heavy (non-hydrogen) atoms. The molecule has 1 N–H and O–H groups in total. The minimum atomic E-state index is -4.62. The van der Waals surface area contributed by atoms with E-state index in [-0.39, 0.29) is 23.1 Å². The van der Waals surface area contributed by atoms with Crippen molar-refractivity contribution in [2.45, 2.75) is 26.1 Å². The Labute approximate surface area is 146 Å². The second kappa shape index (κ2) is 7.42. The van der Waals surface area contributed by atoms with Crippen molar-refractivity contribution in [2.75, 3.05) is 5.32 Å². The number of nitrogens with one attached hydrogen (secondary N) is 1. The minimum absolute atomic E-state index is 0.0277. The van der Waals surface area contributed by atoms with E-state index in [1.807, 2.05) is 0 Å². The van der Waals surface area contributed by atoms with Crippen LogP contribution in [0.15, 0.2) is 42.5 Å². The van der Waals surface area contributed by atoms with Gasteiger partial charge in [-0.05, 0) is 38.1 Å². The second-order valence-corrected chi connectivity index (χ2v) is 5.60. The minimum Gasteiger partial charge on any atom is -0.489 e. The van der Waals surface area contributed by atoms with Crippen LogP contribution in [0.4, 0.5) is 24.5 Å². The van der Waals surface area contributed by atoms with Gasteiger partial charge in [0.1, 0.15) is 11.3 Å². The number of rotatable bonds is 5. The van der Waals surface area contributed by atoms with Crippen LogP contribution >= 0.6 is 0 Å². The number of nitro groups is 1. The largest absolute Gasteiger partial charge is 0.489 e. The van der Waals surface area contributed by atoms with E-state index in [0.717, 1.165) is 24.3 Å². The number of hydrogen-bond donors (Lipinski definition) is 1. The monoisotopic (exact) mass is 368 g/mol. The summed E-state index contributed by atoms with van der Waals surface area (Å²) in [6.07, 6.45) is -4.97. The van der Waals surface area contributed by atoms with Gasteiger partial charge >= 0.3 is 6.18 Å². The van der Waals surface area contributed by atoms with Gasteiger partial charge in [-0.15, -0.1) is 0 Å². The summed E-state index contributed by atoms with van der Waals surface area (Å²) >= 11 is 0. The smallest absolute Gasteiger partial charge is 0.416 e. The summed E-state index contributed by atoms with van der Waals surface area (Å²) in [7, 11) is 0. The van der Waals surface area contributed by atoms with Gasteiger partial charge in [-0.3, -0.25) is 14.9 Å². The maximum Gasteiger partial charge on any atom is 0.416 e. The molecule has 2 rings (SSSR count). The van der Waals surface area contributed by atoms with Gasteiger partial charge in [-0.25, -0.2) is 0 Å². The van der Waals surface area contributed by atoms with Gasteiger partial charge < -0.3 is 10.1 Å². The zero-order valence-electron chi connectivity index (χ0n) is 13.8. The van der Waals surface area contributed by atoms with Gasteiger partial charge in [0.25, 0.3) is 11.6 Å². The molecule has 138 valence electrons. The van der Waals surface area contributed by atoms with Gasteiger partial charge in [0.15, 0.2) is 0 Å². The Morgan fingerprint density at radius 2 is 1.85 bits per heavy atom. The second-order valence-electron chi connectivity index (χ2n) is 5.60. The number of nitrogens with zero attached hydrogens (tertiary/aromatic N) is 1. The molecule has 0 spiro atoms. The number of hydrogen-bond acceptors (Lipinski definition) is 4. The van der Waals surface area contributed by atoms with Crippen LogP contribution < -0.4 is 10.1 Å². The van der Waals surface area contributed by atoms with Gasteiger partial charge in [0.05, 0.1) is 22.3 Å². The Hall–Kier alpha value is -3.10. The van der Waals surface area contributed by atoms with Crippen molar-refractivity contribution in [3.05, 3.63) is 63.7 Å². The normalized spacial score (nSPS) is 11.3. The molecule has 0 fully saturated rings. The number of carbonyl (C=O) groups excluding carboxylic acids is 1. The maximum absolute atomic E-state index is 12.9. The lowest BCUT2D eigenvalue weighted by Gasteiger charge is -2.17. The topological polar surface area (TPSA) is 81.5 Å². The molecule has 9 heteroatoms. The summed E-state index contributed by atoms with van der Waals surface area (Å²) in [6, 6.07) is 7.79. The fourth-order valence-corrected chi connectivity index (χ4v) is 2.18. The Morgan fingerprint density at radius 3 is 2.42 bits per heavy atom. The summed E-state index contributed by atoms with van der Waals surface area (Å²) in [4.78, 5) is 22.7. The number of anilines is 1. The standard InChI is InChI=1S/C17H15F3N2O4/c1-10(2)26-15-8-7-11(17(18,19)20)9-13(15)21-16(23)12-5-3-4-6-14(12)22(24)25/h3-10H,1-2H3,(H,21,23). The Kier molecular flexibility index (Phi) is 5.49. The molecule has 0 aliphatic carbocycles. The van der Waals surface area contributed by atoms with Crippen LogP contribution in [-0.4, -0.2) is 16.9 Å². The molecule has 1 amide bonds. The van der Waals surface area contributed by atoms with E-state index in [1.54, 1.807) is 13.8 Å². The van der Waals surface area contributed by atoms with Crippen LogP contribution in [0.25, 0.3) is 0 Å². The molecule has 0 unspecified atom stereocenters. The van der Waals surface area contributed by atoms with E-state index in [4.69, 9.17) is 4.74 Å². The first-order valence-electron chi connectivity index (χ1n) is 7.52. The number of nitro benzene ring substituents is 1. The van der Waals surface area contributed by atoms with Crippen LogP contribution in [0.1, 0.15) is 29.8 Å². The lowest BCUT2D eigenvalue weighted by atomic mass is 10.1. The first kappa shape index (κ1) is 19.2. The van der Waals surface area contributed by atoms with Gasteiger partial charge in [-0.2, -0.15) is 13.2 Å². The first-order valence-corrected chi connectivity index (χ1v) is 7.52. The molecule has 0 heterocycles. The SMILES string of the molecule is CC(C)Oc1ccc(C(F)(F)F)cc1NC(=O)c1ccccc1[N+](=O)[O-]. The van der Waals surface area contributed by atoms with E-state index in [1.165, 1.54) is 18.2 Å². The van der Waals surface area contributed by atoms with Crippen LogP contribution in [0, 0.1) is 10.1 Å². The highest BCUT2D eigenvalue weighted by molar-refractivity contribution is 6.07. The highest BCUT2D eigenvalue weighted by Gasteiger charge is 2.32. The summed E-state index contributed by atoms with van der Waals surface area (Å²) in [5.41, 5.74) is -1.93. The lowest BCUT2D eigenvalue weighted by molar-refractivity contribution is -0.385. The third-order valence-corrected chi connectivity index (χ3v) is 3.26.